The second-order valence-electron chi connectivity index (χ2n) is 7.37. The fourth-order valence-electron chi connectivity index (χ4n) is 3.40. The van der Waals surface area contributed by atoms with Crippen molar-refractivity contribution in [2.24, 2.45) is 0 Å². The Hall–Kier alpha value is -3.12. The normalized spacial score (nSPS) is 10.1. The van der Waals surface area contributed by atoms with E-state index in [9.17, 15) is 0 Å². The van der Waals surface area contributed by atoms with Gasteiger partial charge in [0.15, 0.2) is 0 Å². The molecule has 0 saturated carbocycles. The Kier molecular flexibility index (Phi) is 6.45. The van der Waals surface area contributed by atoms with Crippen molar-refractivity contribution in [2.45, 2.75) is 27.7 Å². The van der Waals surface area contributed by atoms with Crippen LogP contribution >= 0.6 is 0 Å². The Morgan fingerprint density at radius 2 is 0.786 bits per heavy atom. The van der Waals surface area contributed by atoms with Gasteiger partial charge in [-0.05, 0) is 61.1 Å². The Morgan fingerprint density at radius 1 is 0.393 bits per heavy atom. The van der Waals surface area contributed by atoms with Gasteiger partial charge in [0.25, 0.3) is 0 Å². The first-order valence-electron chi connectivity index (χ1n) is 9.80. The van der Waals surface area contributed by atoms with Crippen LogP contribution in [0.15, 0.2) is 97.1 Å². The van der Waals surface area contributed by atoms with E-state index in [0.29, 0.717) is 0 Å². The number of aryl methyl sites for hydroxylation is 4. The van der Waals surface area contributed by atoms with Gasteiger partial charge >= 0.3 is 0 Å². The highest BCUT2D eigenvalue weighted by atomic mass is 14.1. The first kappa shape index (κ1) is 19.6. The lowest BCUT2D eigenvalue weighted by atomic mass is 9.97. The quantitative estimate of drug-likeness (QED) is 0.338. The molecule has 0 aromatic heterocycles. The summed E-state index contributed by atoms with van der Waals surface area (Å²) in [6, 6.07) is 34.2. The van der Waals surface area contributed by atoms with E-state index in [1.807, 2.05) is 0 Å². The summed E-state index contributed by atoms with van der Waals surface area (Å²) in [7, 11) is 0. The molecule has 0 amide bonds. The fourth-order valence-corrected chi connectivity index (χ4v) is 3.40. The van der Waals surface area contributed by atoms with Crippen LogP contribution < -0.4 is 0 Å². The van der Waals surface area contributed by atoms with Crippen molar-refractivity contribution < 1.29 is 0 Å². The van der Waals surface area contributed by atoms with Crippen molar-refractivity contribution in [3.8, 4) is 22.3 Å². The molecule has 4 aromatic carbocycles. The second kappa shape index (κ2) is 9.19. The number of hydrogen-bond donors (Lipinski definition) is 0. The van der Waals surface area contributed by atoms with Gasteiger partial charge in [-0.2, -0.15) is 0 Å². The van der Waals surface area contributed by atoms with Crippen LogP contribution in [-0.2, 0) is 0 Å². The molecule has 0 aliphatic carbocycles. The zero-order chi connectivity index (χ0) is 19.9. The summed E-state index contributed by atoms with van der Waals surface area (Å²) < 4.78 is 0. The van der Waals surface area contributed by atoms with Crippen molar-refractivity contribution in [1.29, 1.82) is 0 Å². The lowest BCUT2D eigenvalue weighted by Gasteiger charge is -2.08. The molecule has 0 unspecified atom stereocenters. The molecule has 28 heavy (non-hydrogen) atoms. The molecule has 4 aromatic rings. The summed E-state index contributed by atoms with van der Waals surface area (Å²) in [6.45, 7) is 8.56. The highest BCUT2D eigenvalue weighted by Crippen LogP contribution is 2.25. The summed E-state index contributed by atoms with van der Waals surface area (Å²) in [5, 5.41) is 0. The van der Waals surface area contributed by atoms with E-state index in [4.69, 9.17) is 0 Å². The molecular formula is C28H28. The van der Waals surface area contributed by atoms with Gasteiger partial charge in [0, 0.05) is 0 Å². The van der Waals surface area contributed by atoms with Crippen LogP contribution in [0.4, 0.5) is 0 Å². The lowest BCUT2D eigenvalue weighted by molar-refractivity contribution is 1.41. The standard InChI is InChI=1S/2C14H14/c1-11-5-3-7-13(9-11)14-8-4-6-12(2)10-14;1-11-7-3-5-9-13(11)14-10-6-4-8-12(14)2/h2*3-10H,1-2H3. The molecule has 0 nitrogen and oxygen atoms in total. The van der Waals surface area contributed by atoms with E-state index >= 15 is 0 Å². The summed E-state index contributed by atoms with van der Waals surface area (Å²) in [4.78, 5) is 0. The topological polar surface area (TPSA) is 0 Å². The third-order valence-corrected chi connectivity index (χ3v) is 4.95. The maximum Gasteiger partial charge on any atom is -0.0152 e. The van der Waals surface area contributed by atoms with Crippen molar-refractivity contribution in [2.75, 3.05) is 0 Å². The minimum Gasteiger partial charge on any atom is -0.0620 e. The second-order valence-corrected chi connectivity index (χ2v) is 7.37. The van der Waals surface area contributed by atoms with Crippen LogP contribution in [0.3, 0.4) is 0 Å². The molecule has 0 atom stereocenters. The van der Waals surface area contributed by atoms with E-state index in [2.05, 4.69) is 125 Å². The Balaban J connectivity index is 0.000000161. The van der Waals surface area contributed by atoms with Crippen molar-refractivity contribution in [3.63, 3.8) is 0 Å². The first-order chi connectivity index (χ1) is 13.5. The van der Waals surface area contributed by atoms with E-state index < -0.39 is 0 Å². The summed E-state index contributed by atoms with van der Waals surface area (Å²) in [5.41, 5.74) is 10.6. The van der Waals surface area contributed by atoms with Crippen molar-refractivity contribution >= 4 is 0 Å². The lowest BCUT2D eigenvalue weighted by Crippen LogP contribution is -1.85. The molecule has 0 aliphatic rings. The summed E-state index contributed by atoms with van der Waals surface area (Å²) >= 11 is 0. The van der Waals surface area contributed by atoms with Gasteiger partial charge in [0.05, 0.1) is 0 Å². The zero-order valence-corrected chi connectivity index (χ0v) is 17.2. The van der Waals surface area contributed by atoms with E-state index in [1.54, 1.807) is 0 Å². The molecule has 0 aliphatic heterocycles. The predicted molar refractivity (Wildman–Crippen MR) is 123 cm³/mol. The molecule has 4 rings (SSSR count). The van der Waals surface area contributed by atoms with E-state index in [0.717, 1.165) is 0 Å². The van der Waals surface area contributed by atoms with Gasteiger partial charge in [0.1, 0.15) is 0 Å². The van der Waals surface area contributed by atoms with Crippen molar-refractivity contribution in [3.05, 3.63) is 119 Å². The zero-order valence-electron chi connectivity index (χ0n) is 17.2. The van der Waals surface area contributed by atoms with Crippen LogP contribution in [0.5, 0.6) is 0 Å². The van der Waals surface area contributed by atoms with Gasteiger partial charge in [0.2, 0.25) is 0 Å². The third-order valence-electron chi connectivity index (χ3n) is 4.95. The predicted octanol–water partition coefficient (Wildman–Crippen LogP) is 7.94. The smallest absolute Gasteiger partial charge is 0.0152 e. The number of hydrogen-bond acceptors (Lipinski definition) is 0. The largest absolute Gasteiger partial charge is 0.0620 e. The van der Waals surface area contributed by atoms with Gasteiger partial charge in [-0.15, -0.1) is 0 Å². The minimum absolute atomic E-state index is 1.30. The molecule has 0 N–H and O–H groups in total. The molecule has 0 bridgehead atoms. The Bertz CT molecular complexity index is 970. The van der Waals surface area contributed by atoms with Crippen molar-refractivity contribution in [1.82, 2.24) is 0 Å². The molecular weight excluding hydrogens is 336 g/mol. The Morgan fingerprint density at radius 3 is 1.14 bits per heavy atom. The monoisotopic (exact) mass is 364 g/mol. The average molecular weight is 365 g/mol. The third kappa shape index (κ3) is 4.98. The Labute approximate surface area is 169 Å². The SMILES string of the molecule is Cc1cccc(-c2cccc(C)c2)c1.Cc1ccccc1-c1ccccc1C. The maximum atomic E-state index is 2.22. The fraction of sp³-hybridized carbons (Fsp3) is 0.143. The number of rotatable bonds is 2. The van der Waals surface area contributed by atoms with E-state index in [1.165, 1.54) is 44.5 Å². The van der Waals surface area contributed by atoms with Gasteiger partial charge in [-0.1, -0.05) is 108 Å². The van der Waals surface area contributed by atoms with Crippen LogP contribution in [0, 0.1) is 27.7 Å². The molecule has 0 heterocycles. The summed E-state index contributed by atoms with van der Waals surface area (Å²) in [5.74, 6) is 0. The maximum absolute atomic E-state index is 2.22. The van der Waals surface area contributed by atoms with E-state index in [-0.39, 0.29) is 0 Å². The molecule has 0 fully saturated rings. The molecule has 140 valence electrons. The average Bonchev–Trinajstić information content (AvgIpc) is 2.70. The highest BCUT2D eigenvalue weighted by Gasteiger charge is 2.02. The van der Waals surface area contributed by atoms with Gasteiger partial charge in [-0.25, -0.2) is 0 Å². The molecule has 0 spiro atoms. The van der Waals surface area contributed by atoms with Gasteiger partial charge in [-0.3, -0.25) is 0 Å². The number of benzene rings is 4. The van der Waals surface area contributed by atoms with Crippen LogP contribution in [-0.4, -0.2) is 0 Å². The molecule has 0 heteroatoms. The summed E-state index contributed by atoms with van der Waals surface area (Å²) in [6.07, 6.45) is 0. The highest BCUT2D eigenvalue weighted by molar-refractivity contribution is 5.70. The van der Waals surface area contributed by atoms with Crippen LogP contribution in [0.25, 0.3) is 22.3 Å². The van der Waals surface area contributed by atoms with Crippen LogP contribution in [0.2, 0.25) is 0 Å². The molecule has 0 radical (unpaired) electrons. The minimum atomic E-state index is 1.30. The molecule has 0 saturated heterocycles. The van der Waals surface area contributed by atoms with Gasteiger partial charge < -0.3 is 0 Å². The van der Waals surface area contributed by atoms with Crippen LogP contribution in [0.1, 0.15) is 22.3 Å². The first-order valence-corrected chi connectivity index (χ1v) is 9.80.